The maximum Gasteiger partial charge on any atom is 0.410 e. The highest BCUT2D eigenvalue weighted by molar-refractivity contribution is 5.84. The number of ether oxygens (including phenoxy) is 2. The number of hydrogen-bond donors (Lipinski definition) is 1. The number of benzene rings is 1. The lowest BCUT2D eigenvalue weighted by Crippen LogP contribution is -2.49. The lowest BCUT2D eigenvalue weighted by atomic mass is 10.1. The average molecular weight is 403 g/mol. The minimum Gasteiger partial charge on any atom is -0.491 e. The first kappa shape index (κ1) is 21.5. The zero-order chi connectivity index (χ0) is 21.4. The summed E-state index contributed by atoms with van der Waals surface area (Å²) in [6.07, 6.45) is 0.620. The third-order valence-electron chi connectivity index (χ3n) is 5.55. The van der Waals surface area contributed by atoms with Crippen LogP contribution in [0.2, 0.25) is 0 Å². The summed E-state index contributed by atoms with van der Waals surface area (Å²) in [5, 5.41) is 3.14. The molecule has 1 saturated heterocycles. The number of rotatable bonds is 6. The molecule has 0 aromatic heterocycles. The molecular weight excluding hydrogens is 368 g/mol. The Bertz CT molecular complexity index is 756. The van der Waals surface area contributed by atoms with Crippen molar-refractivity contribution < 1.29 is 19.1 Å². The molecule has 1 N–H and O–H groups in total. The van der Waals surface area contributed by atoms with Crippen LogP contribution >= 0.6 is 0 Å². The van der Waals surface area contributed by atoms with Gasteiger partial charge in [-0.25, -0.2) is 4.79 Å². The number of piperidine rings is 1. The molecule has 2 amide bonds. The van der Waals surface area contributed by atoms with Crippen LogP contribution in [-0.2, 0) is 16.0 Å². The first-order chi connectivity index (χ1) is 13.5. The smallest absolute Gasteiger partial charge is 0.410 e. The molecular formula is C23H34N2O4. The third-order valence-corrected chi connectivity index (χ3v) is 5.55. The number of aryl methyl sites for hydroxylation is 1. The Balaban J connectivity index is 1.47. The normalized spacial score (nSPS) is 23.4. The van der Waals surface area contributed by atoms with Gasteiger partial charge in [-0.3, -0.25) is 4.79 Å². The highest BCUT2D eigenvalue weighted by atomic mass is 16.6. The highest BCUT2D eigenvalue weighted by Crippen LogP contribution is 2.52. The maximum absolute atomic E-state index is 12.8. The summed E-state index contributed by atoms with van der Waals surface area (Å²) in [6.45, 7) is 13.2. The van der Waals surface area contributed by atoms with E-state index in [9.17, 15) is 9.59 Å². The molecule has 2 aliphatic rings. The van der Waals surface area contributed by atoms with Crippen LogP contribution in [0.3, 0.4) is 0 Å². The van der Waals surface area contributed by atoms with Gasteiger partial charge in [-0.15, -0.1) is 0 Å². The second-order valence-electron chi connectivity index (χ2n) is 9.86. The van der Waals surface area contributed by atoms with Gasteiger partial charge in [0.05, 0.1) is 5.54 Å². The molecule has 0 bridgehead atoms. The number of carbonyl (C=O) groups is 2. The van der Waals surface area contributed by atoms with Gasteiger partial charge in [0, 0.05) is 19.0 Å². The second kappa shape index (κ2) is 7.88. The predicted octanol–water partition coefficient (Wildman–Crippen LogP) is 3.64. The topological polar surface area (TPSA) is 67.9 Å². The van der Waals surface area contributed by atoms with E-state index in [0.717, 1.165) is 17.7 Å². The van der Waals surface area contributed by atoms with Gasteiger partial charge < -0.3 is 19.7 Å². The van der Waals surface area contributed by atoms with Gasteiger partial charge in [-0.05, 0) is 64.5 Å². The molecule has 6 nitrogen and oxygen atoms in total. The summed E-state index contributed by atoms with van der Waals surface area (Å²) < 4.78 is 11.4. The van der Waals surface area contributed by atoms with Crippen LogP contribution in [0, 0.1) is 17.8 Å². The second-order valence-corrected chi connectivity index (χ2v) is 9.86. The van der Waals surface area contributed by atoms with E-state index in [1.165, 1.54) is 0 Å². The number of hydrogen-bond acceptors (Lipinski definition) is 4. The monoisotopic (exact) mass is 402 g/mol. The Morgan fingerprint density at radius 2 is 1.72 bits per heavy atom. The molecule has 1 aliphatic carbocycles. The Morgan fingerprint density at radius 3 is 2.31 bits per heavy atom. The van der Waals surface area contributed by atoms with Crippen molar-refractivity contribution in [2.45, 2.75) is 59.1 Å². The molecule has 2 fully saturated rings. The van der Waals surface area contributed by atoms with E-state index in [2.05, 4.69) is 18.3 Å². The Kier molecular flexibility index (Phi) is 5.84. The van der Waals surface area contributed by atoms with E-state index in [0.29, 0.717) is 19.7 Å². The number of fused-ring (bicyclic) bond motifs is 1. The number of likely N-dealkylation sites (tertiary alicyclic amines) is 1. The number of amides is 2. The van der Waals surface area contributed by atoms with Crippen LogP contribution in [0.1, 0.15) is 47.1 Å². The van der Waals surface area contributed by atoms with Crippen molar-refractivity contribution in [1.29, 1.82) is 0 Å². The molecule has 29 heavy (non-hydrogen) atoms. The fourth-order valence-electron chi connectivity index (χ4n) is 4.04. The first-order valence-electron chi connectivity index (χ1n) is 10.5. The largest absolute Gasteiger partial charge is 0.491 e. The van der Waals surface area contributed by atoms with E-state index in [1.807, 2.05) is 52.8 Å². The summed E-state index contributed by atoms with van der Waals surface area (Å²) in [6, 6.07) is 7.99. The zero-order valence-corrected chi connectivity index (χ0v) is 18.5. The van der Waals surface area contributed by atoms with Crippen LogP contribution in [0.15, 0.2) is 24.3 Å². The minimum absolute atomic E-state index is 0.0177. The summed E-state index contributed by atoms with van der Waals surface area (Å²) in [4.78, 5) is 26.7. The molecule has 1 aromatic carbocycles. The Hall–Kier alpha value is -2.24. The predicted molar refractivity (Wildman–Crippen MR) is 112 cm³/mol. The van der Waals surface area contributed by atoms with Crippen molar-refractivity contribution in [3.05, 3.63) is 29.8 Å². The number of para-hydroxylation sites is 1. The molecule has 0 radical (unpaired) electrons. The molecule has 0 spiro atoms. The standard InChI is InChI=1S/C23H34N2O4/c1-7-15-10-8-9-11-18(15)28-14-23(5,6)24-20(26)19-16-12-25(13-17(16)19)21(27)29-22(2,3)4/h8-11,16-17,19H,7,12-14H2,1-6H3,(H,24,26)/t16-,17?,19?/m0/s1. The average Bonchev–Trinajstić information content (AvgIpc) is 3.13. The summed E-state index contributed by atoms with van der Waals surface area (Å²) >= 11 is 0. The number of nitrogens with one attached hydrogen (secondary N) is 1. The van der Waals surface area contributed by atoms with E-state index >= 15 is 0 Å². The molecule has 3 atom stereocenters. The fourth-order valence-corrected chi connectivity index (χ4v) is 4.04. The number of nitrogens with zero attached hydrogens (tertiary/aromatic N) is 1. The highest BCUT2D eigenvalue weighted by Gasteiger charge is 2.61. The van der Waals surface area contributed by atoms with Crippen molar-refractivity contribution in [2.24, 2.45) is 17.8 Å². The van der Waals surface area contributed by atoms with Crippen molar-refractivity contribution in [1.82, 2.24) is 10.2 Å². The lowest BCUT2D eigenvalue weighted by Gasteiger charge is -2.28. The first-order valence-corrected chi connectivity index (χ1v) is 10.5. The zero-order valence-electron chi connectivity index (χ0n) is 18.5. The molecule has 2 unspecified atom stereocenters. The fraction of sp³-hybridized carbons (Fsp3) is 0.652. The third kappa shape index (κ3) is 5.22. The Labute approximate surface area is 173 Å². The summed E-state index contributed by atoms with van der Waals surface area (Å²) in [5.41, 5.74) is 0.189. The van der Waals surface area contributed by atoms with Gasteiger partial charge in [0.1, 0.15) is 18.0 Å². The minimum atomic E-state index is -0.499. The van der Waals surface area contributed by atoms with E-state index < -0.39 is 11.1 Å². The van der Waals surface area contributed by atoms with Crippen LogP contribution in [0.25, 0.3) is 0 Å². The van der Waals surface area contributed by atoms with Crippen LogP contribution in [-0.4, -0.2) is 47.7 Å². The van der Waals surface area contributed by atoms with Crippen LogP contribution in [0.5, 0.6) is 5.75 Å². The van der Waals surface area contributed by atoms with Gasteiger partial charge >= 0.3 is 6.09 Å². The van der Waals surface area contributed by atoms with E-state index in [4.69, 9.17) is 9.47 Å². The van der Waals surface area contributed by atoms with E-state index in [-0.39, 0.29) is 29.8 Å². The van der Waals surface area contributed by atoms with Gasteiger partial charge in [0.25, 0.3) is 0 Å². The molecule has 3 rings (SSSR count). The molecule has 160 valence electrons. The SMILES string of the molecule is CCc1ccccc1OCC(C)(C)NC(=O)C1C2CN(C(=O)OC(C)(C)C)C[C@@H]21. The Morgan fingerprint density at radius 1 is 1.10 bits per heavy atom. The quantitative estimate of drug-likeness (QED) is 0.789. The van der Waals surface area contributed by atoms with Crippen LogP contribution in [0.4, 0.5) is 4.79 Å². The van der Waals surface area contributed by atoms with Gasteiger partial charge in [0.15, 0.2) is 0 Å². The van der Waals surface area contributed by atoms with Gasteiger partial charge in [-0.2, -0.15) is 0 Å². The molecule has 1 aromatic rings. The summed E-state index contributed by atoms with van der Waals surface area (Å²) in [5.74, 6) is 1.38. The van der Waals surface area contributed by atoms with Gasteiger partial charge in [0.2, 0.25) is 5.91 Å². The summed E-state index contributed by atoms with van der Waals surface area (Å²) in [7, 11) is 0. The van der Waals surface area contributed by atoms with Crippen molar-refractivity contribution in [3.63, 3.8) is 0 Å². The molecule has 1 aliphatic heterocycles. The maximum atomic E-state index is 12.8. The number of carbonyl (C=O) groups excluding carboxylic acids is 2. The van der Waals surface area contributed by atoms with Crippen molar-refractivity contribution >= 4 is 12.0 Å². The molecule has 1 heterocycles. The van der Waals surface area contributed by atoms with Crippen molar-refractivity contribution in [3.8, 4) is 5.75 Å². The van der Waals surface area contributed by atoms with Crippen LogP contribution < -0.4 is 10.1 Å². The molecule has 6 heteroatoms. The molecule has 1 saturated carbocycles. The van der Waals surface area contributed by atoms with E-state index in [1.54, 1.807) is 4.90 Å². The van der Waals surface area contributed by atoms with Gasteiger partial charge in [-0.1, -0.05) is 25.1 Å². The van der Waals surface area contributed by atoms with Crippen molar-refractivity contribution in [2.75, 3.05) is 19.7 Å². The lowest BCUT2D eigenvalue weighted by molar-refractivity contribution is -0.125.